The Bertz CT molecular complexity index is 353. The van der Waals surface area contributed by atoms with Crippen molar-refractivity contribution in [2.75, 3.05) is 33.4 Å². The summed E-state index contributed by atoms with van der Waals surface area (Å²) in [5.74, 6) is -0.132. The average molecular weight is 238 g/mol. The molecule has 2 rings (SSSR count). The van der Waals surface area contributed by atoms with Crippen molar-refractivity contribution in [3.8, 4) is 0 Å². The number of benzene rings is 1. The van der Waals surface area contributed by atoms with E-state index in [9.17, 15) is 4.39 Å². The third-order valence-corrected chi connectivity index (χ3v) is 2.93. The highest BCUT2D eigenvalue weighted by molar-refractivity contribution is 5.16. The van der Waals surface area contributed by atoms with Gasteiger partial charge in [0.25, 0.3) is 0 Å². The molecule has 1 aliphatic rings. The van der Waals surface area contributed by atoms with Gasteiger partial charge in [-0.1, -0.05) is 18.2 Å². The first-order chi connectivity index (χ1) is 8.25. The molecule has 1 saturated heterocycles. The van der Waals surface area contributed by atoms with Crippen LogP contribution in [0.1, 0.15) is 5.56 Å². The van der Waals surface area contributed by atoms with Crippen LogP contribution in [0, 0.1) is 5.82 Å². The van der Waals surface area contributed by atoms with Crippen LogP contribution in [0.2, 0.25) is 0 Å². The van der Waals surface area contributed by atoms with Crippen LogP contribution in [0.15, 0.2) is 24.3 Å². The molecule has 4 heteroatoms. The molecular weight excluding hydrogens is 219 g/mol. The van der Waals surface area contributed by atoms with Crippen molar-refractivity contribution in [1.82, 2.24) is 10.2 Å². The molecule has 0 aromatic heterocycles. The summed E-state index contributed by atoms with van der Waals surface area (Å²) in [6.45, 7) is 3.92. The summed E-state index contributed by atoms with van der Waals surface area (Å²) in [4.78, 5) is 2.12. The number of nitrogens with one attached hydrogen (secondary N) is 1. The second-order valence-corrected chi connectivity index (χ2v) is 4.51. The van der Waals surface area contributed by atoms with E-state index in [4.69, 9.17) is 4.74 Å². The minimum absolute atomic E-state index is 0.132. The van der Waals surface area contributed by atoms with Crippen LogP contribution in [0.25, 0.3) is 0 Å². The molecule has 1 aliphatic heterocycles. The fraction of sp³-hybridized carbons (Fsp3) is 0.538. The van der Waals surface area contributed by atoms with Crippen LogP contribution in [-0.4, -0.2) is 44.3 Å². The summed E-state index contributed by atoms with van der Waals surface area (Å²) in [6.07, 6.45) is 0. The lowest BCUT2D eigenvalue weighted by molar-refractivity contribution is 0.0644. The van der Waals surface area contributed by atoms with Gasteiger partial charge >= 0.3 is 0 Å². The molecule has 1 aromatic carbocycles. The number of nitrogens with zero attached hydrogens (tertiary/aromatic N) is 1. The lowest BCUT2D eigenvalue weighted by Crippen LogP contribution is -2.47. The SMILES string of the molecule is CN(Cc1ccccc1F)CC1COCCN1. The number of hydrogen-bond acceptors (Lipinski definition) is 3. The van der Waals surface area contributed by atoms with E-state index >= 15 is 0 Å². The molecule has 0 radical (unpaired) electrons. The van der Waals surface area contributed by atoms with Crippen LogP contribution in [-0.2, 0) is 11.3 Å². The van der Waals surface area contributed by atoms with Gasteiger partial charge in [-0.2, -0.15) is 0 Å². The van der Waals surface area contributed by atoms with Crippen LogP contribution in [0.3, 0.4) is 0 Å². The lowest BCUT2D eigenvalue weighted by atomic mass is 10.2. The molecule has 1 fully saturated rings. The number of rotatable bonds is 4. The van der Waals surface area contributed by atoms with E-state index in [0.717, 1.165) is 31.9 Å². The zero-order valence-electron chi connectivity index (χ0n) is 10.2. The maximum Gasteiger partial charge on any atom is 0.127 e. The Morgan fingerprint density at radius 2 is 2.29 bits per heavy atom. The molecule has 17 heavy (non-hydrogen) atoms. The third-order valence-electron chi connectivity index (χ3n) is 2.93. The van der Waals surface area contributed by atoms with E-state index < -0.39 is 0 Å². The summed E-state index contributed by atoms with van der Waals surface area (Å²) in [7, 11) is 2.00. The lowest BCUT2D eigenvalue weighted by Gasteiger charge is -2.28. The molecule has 94 valence electrons. The largest absolute Gasteiger partial charge is 0.378 e. The highest BCUT2D eigenvalue weighted by Crippen LogP contribution is 2.09. The second kappa shape index (κ2) is 6.10. The molecule has 1 N–H and O–H groups in total. The topological polar surface area (TPSA) is 24.5 Å². The van der Waals surface area contributed by atoms with Crippen molar-refractivity contribution in [2.45, 2.75) is 12.6 Å². The predicted octanol–water partition coefficient (Wildman–Crippen LogP) is 1.25. The Kier molecular flexibility index (Phi) is 4.48. The predicted molar refractivity (Wildman–Crippen MR) is 65.3 cm³/mol. The summed E-state index contributed by atoms with van der Waals surface area (Å²) in [5.41, 5.74) is 0.742. The van der Waals surface area contributed by atoms with E-state index in [1.165, 1.54) is 6.07 Å². The number of likely N-dealkylation sites (N-methyl/N-ethyl adjacent to an activating group) is 1. The van der Waals surface area contributed by atoms with E-state index in [0.29, 0.717) is 12.6 Å². The van der Waals surface area contributed by atoms with Crippen molar-refractivity contribution in [3.05, 3.63) is 35.6 Å². The van der Waals surface area contributed by atoms with E-state index in [-0.39, 0.29) is 5.82 Å². The van der Waals surface area contributed by atoms with Crippen LogP contribution >= 0.6 is 0 Å². The highest BCUT2D eigenvalue weighted by atomic mass is 19.1. The minimum Gasteiger partial charge on any atom is -0.378 e. The summed E-state index contributed by atoms with van der Waals surface area (Å²) >= 11 is 0. The third kappa shape index (κ3) is 3.77. The van der Waals surface area contributed by atoms with Gasteiger partial charge in [0, 0.05) is 31.2 Å². The first-order valence-corrected chi connectivity index (χ1v) is 5.99. The van der Waals surface area contributed by atoms with Gasteiger partial charge in [0.15, 0.2) is 0 Å². The van der Waals surface area contributed by atoms with Crippen LogP contribution in [0.5, 0.6) is 0 Å². The van der Waals surface area contributed by atoms with E-state index in [1.54, 1.807) is 6.07 Å². The van der Waals surface area contributed by atoms with Crippen LogP contribution < -0.4 is 5.32 Å². The summed E-state index contributed by atoms with van der Waals surface area (Å²) < 4.78 is 18.9. The van der Waals surface area contributed by atoms with Gasteiger partial charge in [-0.25, -0.2) is 4.39 Å². The van der Waals surface area contributed by atoms with Crippen molar-refractivity contribution < 1.29 is 9.13 Å². The van der Waals surface area contributed by atoms with Gasteiger partial charge < -0.3 is 15.0 Å². The summed E-state index contributed by atoms with van der Waals surface area (Å²) in [5, 5.41) is 3.39. The monoisotopic (exact) mass is 238 g/mol. The Hall–Kier alpha value is -0.970. The molecule has 0 aliphatic carbocycles. The fourth-order valence-electron chi connectivity index (χ4n) is 2.10. The molecule has 0 bridgehead atoms. The fourth-order valence-corrected chi connectivity index (χ4v) is 2.10. The maximum atomic E-state index is 13.5. The van der Waals surface area contributed by atoms with Gasteiger partial charge in [0.2, 0.25) is 0 Å². The normalized spacial score (nSPS) is 20.8. The van der Waals surface area contributed by atoms with Crippen molar-refractivity contribution >= 4 is 0 Å². The van der Waals surface area contributed by atoms with E-state index in [1.807, 2.05) is 19.2 Å². The molecule has 1 unspecified atom stereocenters. The van der Waals surface area contributed by atoms with Crippen molar-refractivity contribution in [2.24, 2.45) is 0 Å². The van der Waals surface area contributed by atoms with Crippen molar-refractivity contribution in [3.63, 3.8) is 0 Å². The quantitative estimate of drug-likeness (QED) is 0.854. The van der Waals surface area contributed by atoms with Gasteiger partial charge in [-0.05, 0) is 13.1 Å². The van der Waals surface area contributed by atoms with E-state index in [2.05, 4.69) is 10.2 Å². The van der Waals surface area contributed by atoms with Gasteiger partial charge in [-0.3, -0.25) is 0 Å². The summed E-state index contributed by atoms with van der Waals surface area (Å²) in [6, 6.07) is 7.27. The van der Waals surface area contributed by atoms with Crippen molar-refractivity contribution in [1.29, 1.82) is 0 Å². The first kappa shape index (κ1) is 12.5. The Balaban J connectivity index is 1.84. The molecule has 1 heterocycles. The van der Waals surface area contributed by atoms with Gasteiger partial charge in [0.05, 0.1) is 13.2 Å². The number of hydrogen-bond donors (Lipinski definition) is 1. The molecule has 1 aromatic rings. The van der Waals surface area contributed by atoms with Gasteiger partial charge in [0.1, 0.15) is 5.82 Å². The number of halogens is 1. The smallest absolute Gasteiger partial charge is 0.127 e. The Labute approximate surface area is 102 Å². The Morgan fingerprint density at radius 3 is 3.00 bits per heavy atom. The standard InChI is InChI=1S/C13H19FN2O/c1-16(9-12-10-17-7-6-15-12)8-11-4-2-3-5-13(11)14/h2-5,12,15H,6-10H2,1H3. The van der Waals surface area contributed by atoms with Crippen LogP contribution in [0.4, 0.5) is 4.39 Å². The average Bonchev–Trinajstić information content (AvgIpc) is 2.33. The molecule has 1 atom stereocenters. The molecule has 0 amide bonds. The molecule has 0 saturated carbocycles. The van der Waals surface area contributed by atoms with Gasteiger partial charge in [-0.15, -0.1) is 0 Å². The first-order valence-electron chi connectivity index (χ1n) is 5.99. The maximum absolute atomic E-state index is 13.5. The molecule has 0 spiro atoms. The second-order valence-electron chi connectivity index (χ2n) is 4.51. The molecular formula is C13H19FN2O. The Morgan fingerprint density at radius 1 is 1.47 bits per heavy atom. The number of ether oxygens (including phenoxy) is 1. The minimum atomic E-state index is -0.132. The highest BCUT2D eigenvalue weighted by Gasteiger charge is 2.15. The molecule has 3 nitrogen and oxygen atoms in total. The number of morpholine rings is 1. The zero-order valence-corrected chi connectivity index (χ0v) is 10.2. The zero-order chi connectivity index (χ0) is 12.1.